The van der Waals surface area contributed by atoms with E-state index in [9.17, 15) is 0 Å². The Labute approximate surface area is 137 Å². The zero-order valence-electron chi connectivity index (χ0n) is 13.8. The zero-order chi connectivity index (χ0) is 15.9. The molecular formula is C18H25N3O2. The summed E-state index contributed by atoms with van der Waals surface area (Å²) in [6, 6.07) is 10.4. The van der Waals surface area contributed by atoms with Gasteiger partial charge in [-0.1, -0.05) is 42.4 Å². The van der Waals surface area contributed by atoms with Gasteiger partial charge in [-0.25, -0.2) is 0 Å². The van der Waals surface area contributed by atoms with Crippen LogP contribution >= 0.6 is 0 Å². The van der Waals surface area contributed by atoms with Crippen LogP contribution in [0.4, 0.5) is 0 Å². The molecule has 1 aliphatic rings. The van der Waals surface area contributed by atoms with Crippen LogP contribution in [0.3, 0.4) is 0 Å². The first-order valence-electron chi connectivity index (χ1n) is 8.53. The van der Waals surface area contributed by atoms with E-state index in [1.54, 1.807) is 0 Å². The van der Waals surface area contributed by atoms with Crippen molar-refractivity contribution in [1.82, 2.24) is 15.0 Å². The molecule has 3 rings (SSSR count). The Hall–Kier alpha value is -1.72. The van der Waals surface area contributed by atoms with Crippen molar-refractivity contribution in [3.63, 3.8) is 0 Å². The molecule has 0 bridgehead atoms. The second-order valence-electron chi connectivity index (χ2n) is 6.13. The number of likely N-dealkylation sites (tertiary alicyclic amines) is 1. The fourth-order valence-electron chi connectivity index (χ4n) is 2.89. The number of piperidine rings is 1. The summed E-state index contributed by atoms with van der Waals surface area (Å²) in [5, 5.41) is 4.01. The number of benzene rings is 1. The number of ether oxygens (including phenoxy) is 1. The van der Waals surface area contributed by atoms with Gasteiger partial charge in [0.25, 0.3) is 0 Å². The SMILES string of the molecule is CCCc1noc(CN2CCC(OCc3ccccc3)CC2)n1. The molecule has 1 aliphatic heterocycles. The van der Waals surface area contributed by atoms with Gasteiger partial charge in [-0.3, -0.25) is 4.90 Å². The van der Waals surface area contributed by atoms with Gasteiger partial charge in [0.1, 0.15) is 0 Å². The quantitative estimate of drug-likeness (QED) is 0.785. The molecule has 1 aromatic carbocycles. The Morgan fingerprint density at radius 3 is 2.74 bits per heavy atom. The van der Waals surface area contributed by atoms with Crippen molar-refractivity contribution in [2.24, 2.45) is 0 Å². The molecule has 2 heterocycles. The van der Waals surface area contributed by atoms with E-state index in [4.69, 9.17) is 9.26 Å². The highest BCUT2D eigenvalue weighted by molar-refractivity contribution is 5.13. The maximum atomic E-state index is 6.03. The summed E-state index contributed by atoms with van der Waals surface area (Å²) in [6.07, 6.45) is 4.40. The summed E-state index contributed by atoms with van der Waals surface area (Å²) in [6.45, 7) is 5.61. The van der Waals surface area contributed by atoms with E-state index in [1.807, 2.05) is 6.07 Å². The highest BCUT2D eigenvalue weighted by atomic mass is 16.5. The normalized spacial score (nSPS) is 16.7. The second kappa shape index (κ2) is 8.22. The molecule has 0 radical (unpaired) electrons. The van der Waals surface area contributed by atoms with E-state index in [1.165, 1.54) is 5.56 Å². The van der Waals surface area contributed by atoms with Crippen molar-refractivity contribution in [1.29, 1.82) is 0 Å². The molecule has 0 N–H and O–H groups in total. The number of hydrogen-bond acceptors (Lipinski definition) is 5. The fourth-order valence-corrected chi connectivity index (χ4v) is 2.89. The van der Waals surface area contributed by atoms with Crippen LogP contribution in [0.25, 0.3) is 0 Å². The summed E-state index contributed by atoms with van der Waals surface area (Å²) >= 11 is 0. The van der Waals surface area contributed by atoms with E-state index >= 15 is 0 Å². The van der Waals surface area contributed by atoms with Crippen molar-refractivity contribution in [2.75, 3.05) is 13.1 Å². The molecule has 0 unspecified atom stereocenters. The van der Waals surface area contributed by atoms with Crippen LogP contribution in [-0.4, -0.2) is 34.2 Å². The molecule has 5 heteroatoms. The molecule has 0 aliphatic carbocycles. The lowest BCUT2D eigenvalue weighted by Crippen LogP contribution is -2.36. The predicted octanol–water partition coefficient (Wildman–Crippen LogP) is 3.20. The highest BCUT2D eigenvalue weighted by Crippen LogP contribution is 2.17. The van der Waals surface area contributed by atoms with Crippen molar-refractivity contribution in [3.8, 4) is 0 Å². The van der Waals surface area contributed by atoms with Crippen LogP contribution < -0.4 is 0 Å². The third-order valence-corrected chi connectivity index (χ3v) is 4.21. The van der Waals surface area contributed by atoms with Gasteiger partial charge in [0, 0.05) is 19.5 Å². The standard InChI is InChI=1S/C18H25N3O2/c1-2-6-17-19-18(23-20-17)13-21-11-9-16(10-12-21)22-14-15-7-4-3-5-8-15/h3-5,7-8,16H,2,6,9-14H2,1H3. The lowest BCUT2D eigenvalue weighted by atomic mass is 10.1. The molecule has 5 nitrogen and oxygen atoms in total. The van der Waals surface area contributed by atoms with Gasteiger partial charge in [-0.05, 0) is 24.8 Å². The number of aryl methyl sites for hydroxylation is 1. The Morgan fingerprint density at radius 2 is 2.00 bits per heavy atom. The average Bonchev–Trinajstić information content (AvgIpc) is 3.03. The number of aromatic nitrogens is 2. The summed E-state index contributed by atoms with van der Waals surface area (Å²) in [5.74, 6) is 1.56. The molecule has 0 spiro atoms. The molecule has 0 amide bonds. The lowest BCUT2D eigenvalue weighted by molar-refractivity contribution is -0.00555. The van der Waals surface area contributed by atoms with Crippen molar-refractivity contribution >= 4 is 0 Å². The van der Waals surface area contributed by atoms with Gasteiger partial charge in [-0.2, -0.15) is 4.98 Å². The van der Waals surface area contributed by atoms with E-state index < -0.39 is 0 Å². The van der Waals surface area contributed by atoms with Gasteiger partial charge >= 0.3 is 0 Å². The molecule has 2 aromatic rings. The first-order chi connectivity index (χ1) is 11.3. The van der Waals surface area contributed by atoms with Crippen LogP contribution in [-0.2, 0) is 24.3 Å². The van der Waals surface area contributed by atoms with Gasteiger partial charge in [0.05, 0.1) is 19.3 Å². The number of nitrogens with zero attached hydrogens (tertiary/aromatic N) is 3. The monoisotopic (exact) mass is 315 g/mol. The summed E-state index contributed by atoms with van der Waals surface area (Å²) in [7, 11) is 0. The Morgan fingerprint density at radius 1 is 1.22 bits per heavy atom. The Bertz CT molecular complexity index is 577. The van der Waals surface area contributed by atoms with E-state index in [0.717, 1.165) is 57.0 Å². The largest absolute Gasteiger partial charge is 0.373 e. The molecule has 1 aromatic heterocycles. The molecule has 124 valence electrons. The number of rotatable bonds is 7. The summed E-state index contributed by atoms with van der Waals surface area (Å²) in [5.41, 5.74) is 1.24. The molecule has 0 saturated carbocycles. The first-order valence-corrected chi connectivity index (χ1v) is 8.53. The van der Waals surface area contributed by atoms with Crippen LogP contribution in [0, 0.1) is 0 Å². The zero-order valence-corrected chi connectivity index (χ0v) is 13.8. The van der Waals surface area contributed by atoms with Crippen LogP contribution in [0.5, 0.6) is 0 Å². The topological polar surface area (TPSA) is 51.4 Å². The Kier molecular flexibility index (Phi) is 5.77. The van der Waals surface area contributed by atoms with E-state index in [0.29, 0.717) is 12.7 Å². The van der Waals surface area contributed by atoms with Crippen LogP contribution in [0.2, 0.25) is 0 Å². The van der Waals surface area contributed by atoms with Crippen LogP contribution in [0.15, 0.2) is 34.9 Å². The second-order valence-corrected chi connectivity index (χ2v) is 6.13. The predicted molar refractivity (Wildman–Crippen MR) is 87.8 cm³/mol. The van der Waals surface area contributed by atoms with Crippen molar-refractivity contribution < 1.29 is 9.26 Å². The maximum absolute atomic E-state index is 6.03. The molecule has 1 saturated heterocycles. The summed E-state index contributed by atoms with van der Waals surface area (Å²) < 4.78 is 11.3. The first kappa shape index (κ1) is 16.1. The lowest BCUT2D eigenvalue weighted by Gasteiger charge is -2.30. The summed E-state index contributed by atoms with van der Waals surface area (Å²) in [4.78, 5) is 6.81. The van der Waals surface area contributed by atoms with Crippen LogP contribution in [0.1, 0.15) is 43.5 Å². The highest BCUT2D eigenvalue weighted by Gasteiger charge is 2.21. The molecular weight excluding hydrogens is 290 g/mol. The smallest absolute Gasteiger partial charge is 0.240 e. The van der Waals surface area contributed by atoms with Gasteiger partial charge in [0.15, 0.2) is 5.82 Å². The Balaban J connectivity index is 1.39. The maximum Gasteiger partial charge on any atom is 0.240 e. The van der Waals surface area contributed by atoms with Crippen molar-refractivity contribution in [2.45, 2.75) is 51.9 Å². The molecule has 23 heavy (non-hydrogen) atoms. The average molecular weight is 315 g/mol. The minimum Gasteiger partial charge on any atom is -0.373 e. The number of hydrogen-bond donors (Lipinski definition) is 0. The van der Waals surface area contributed by atoms with Gasteiger partial charge in [0.2, 0.25) is 5.89 Å². The fraction of sp³-hybridized carbons (Fsp3) is 0.556. The third kappa shape index (κ3) is 4.88. The van der Waals surface area contributed by atoms with Crippen molar-refractivity contribution in [3.05, 3.63) is 47.6 Å². The van der Waals surface area contributed by atoms with Gasteiger partial charge < -0.3 is 9.26 Å². The molecule has 0 atom stereocenters. The molecule has 1 fully saturated rings. The van der Waals surface area contributed by atoms with E-state index in [-0.39, 0.29) is 0 Å². The third-order valence-electron chi connectivity index (χ3n) is 4.21. The van der Waals surface area contributed by atoms with Gasteiger partial charge in [-0.15, -0.1) is 0 Å². The minimum atomic E-state index is 0.352. The minimum absolute atomic E-state index is 0.352. The van der Waals surface area contributed by atoms with E-state index in [2.05, 4.69) is 46.2 Å².